The summed E-state index contributed by atoms with van der Waals surface area (Å²) in [5, 5.41) is 0. The lowest BCUT2D eigenvalue weighted by molar-refractivity contribution is -0.124. The number of ketones is 1. The van der Waals surface area contributed by atoms with Crippen LogP contribution in [0.25, 0.3) is 0 Å². The number of benzene rings is 2. The highest BCUT2D eigenvalue weighted by Gasteiger charge is 2.70. The smallest absolute Gasteiger partial charge is 0.157 e. The molecule has 2 saturated carbocycles. The summed E-state index contributed by atoms with van der Waals surface area (Å²) in [5.41, 5.74) is 13.4. The Balaban J connectivity index is 1.78. The Morgan fingerprint density at radius 2 is 1.09 bits per heavy atom. The molecule has 2 aliphatic carbocycles. The number of carbonyl (C=O) groups excluding carboxylic acids is 1. The van der Waals surface area contributed by atoms with Crippen molar-refractivity contribution in [3.8, 4) is 0 Å². The van der Waals surface area contributed by atoms with Gasteiger partial charge in [-0.25, -0.2) is 0 Å². The van der Waals surface area contributed by atoms with Gasteiger partial charge in [0, 0.05) is 12.1 Å². The van der Waals surface area contributed by atoms with Crippen LogP contribution in [0.15, 0.2) is 60.7 Å². The van der Waals surface area contributed by atoms with Crippen molar-refractivity contribution in [3.63, 3.8) is 0 Å². The van der Waals surface area contributed by atoms with Crippen LogP contribution in [0, 0.1) is 0 Å². The van der Waals surface area contributed by atoms with Crippen molar-refractivity contribution in [1.82, 2.24) is 0 Å². The number of hydrogen-bond donors (Lipinski definition) is 2. The predicted molar refractivity (Wildman–Crippen MR) is 86.4 cm³/mol. The lowest BCUT2D eigenvalue weighted by atomic mass is 9.78. The van der Waals surface area contributed by atoms with Crippen LogP contribution in [0.1, 0.15) is 24.0 Å². The van der Waals surface area contributed by atoms with Gasteiger partial charge in [-0.05, 0) is 24.0 Å². The Hall–Kier alpha value is -1.97. The number of carbonyl (C=O) groups is 1. The van der Waals surface area contributed by atoms with Crippen LogP contribution >= 0.6 is 0 Å². The van der Waals surface area contributed by atoms with Crippen LogP contribution in [-0.2, 0) is 15.6 Å². The number of hydrogen-bond acceptors (Lipinski definition) is 3. The van der Waals surface area contributed by atoms with Gasteiger partial charge in [0.2, 0.25) is 0 Å². The van der Waals surface area contributed by atoms with Crippen molar-refractivity contribution < 1.29 is 4.79 Å². The van der Waals surface area contributed by atoms with E-state index in [2.05, 4.69) is 0 Å². The molecule has 0 amide bonds. The van der Waals surface area contributed by atoms with Crippen LogP contribution in [0.2, 0.25) is 0 Å². The monoisotopic (exact) mass is 292 g/mol. The molecule has 3 nitrogen and oxygen atoms in total. The van der Waals surface area contributed by atoms with E-state index in [4.69, 9.17) is 11.5 Å². The summed E-state index contributed by atoms with van der Waals surface area (Å²) < 4.78 is 0. The molecule has 2 aromatic carbocycles. The number of rotatable bonds is 4. The molecule has 2 aliphatic rings. The molecule has 2 aromatic rings. The quantitative estimate of drug-likeness (QED) is 0.904. The second-order valence-electron chi connectivity index (χ2n) is 6.63. The number of nitrogens with two attached hydrogens (primary N) is 2. The highest BCUT2D eigenvalue weighted by Crippen LogP contribution is 2.58. The molecule has 0 aromatic heterocycles. The van der Waals surface area contributed by atoms with Gasteiger partial charge >= 0.3 is 0 Å². The molecular formula is C19H20N2O. The van der Waals surface area contributed by atoms with Crippen molar-refractivity contribution >= 4 is 5.78 Å². The minimum atomic E-state index is -0.550. The summed E-state index contributed by atoms with van der Waals surface area (Å²) in [6.07, 6.45) is 1.44. The van der Waals surface area contributed by atoms with Crippen LogP contribution in [0.5, 0.6) is 0 Å². The van der Waals surface area contributed by atoms with Gasteiger partial charge in [-0.2, -0.15) is 0 Å². The molecule has 3 heteroatoms. The van der Waals surface area contributed by atoms with Crippen LogP contribution < -0.4 is 11.5 Å². The zero-order chi connectivity index (χ0) is 15.4. The summed E-state index contributed by atoms with van der Waals surface area (Å²) in [7, 11) is 0. The highest BCUT2D eigenvalue weighted by atomic mass is 16.1. The van der Waals surface area contributed by atoms with Gasteiger partial charge in [-0.15, -0.1) is 0 Å². The summed E-state index contributed by atoms with van der Waals surface area (Å²) in [5.74, 6) is 0.206. The molecule has 4 rings (SSSR count). The standard InChI is InChI=1S/C19H20N2O/c20-15-11-18(15,13-7-3-1-4-8-13)17(22)19(12-16(19)21)14-9-5-2-6-10-14/h1-10,15-16H,11-12,20-21H2. The van der Waals surface area contributed by atoms with E-state index in [1.165, 1.54) is 0 Å². The van der Waals surface area contributed by atoms with E-state index in [1.807, 2.05) is 60.7 Å². The third-order valence-electron chi connectivity index (χ3n) is 5.42. The third-order valence-corrected chi connectivity index (χ3v) is 5.42. The fourth-order valence-electron chi connectivity index (χ4n) is 3.89. The summed E-state index contributed by atoms with van der Waals surface area (Å²) in [6, 6.07) is 19.6. The molecular weight excluding hydrogens is 272 g/mol. The maximum absolute atomic E-state index is 13.5. The van der Waals surface area contributed by atoms with E-state index >= 15 is 0 Å². The molecule has 0 aliphatic heterocycles. The molecule has 0 bridgehead atoms. The highest BCUT2D eigenvalue weighted by molar-refractivity contribution is 6.05. The molecule has 4 atom stereocenters. The van der Waals surface area contributed by atoms with E-state index in [0.29, 0.717) is 0 Å². The second-order valence-corrected chi connectivity index (χ2v) is 6.63. The van der Waals surface area contributed by atoms with Crippen molar-refractivity contribution in [2.24, 2.45) is 11.5 Å². The molecule has 2 fully saturated rings. The number of Topliss-reactive ketones (excluding diaryl/α,β-unsaturated/α-hetero) is 1. The molecule has 112 valence electrons. The largest absolute Gasteiger partial charge is 0.326 e. The van der Waals surface area contributed by atoms with E-state index in [0.717, 1.165) is 24.0 Å². The fourth-order valence-corrected chi connectivity index (χ4v) is 3.89. The van der Waals surface area contributed by atoms with Gasteiger partial charge in [0.15, 0.2) is 5.78 Å². The third kappa shape index (κ3) is 1.67. The first-order valence-corrected chi connectivity index (χ1v) is 7.79. The summed E-state index contributed by atoms with van der Waals surface area (Å²) in [6.45, 7) is 0. The average Bonchev–Trinajstić information content (AvgIpc) is 3.44. The van der Waals surface area contributed by atoms with Gasteiger partial charge in [0.25, 0.3) is 0 Å². The summed E-state index contributed by atoms with van der Waals surface area (Å²) >= 11 is 0. The van der Waals surface area contributed by atoms with E-state index < -0.39 is 10.8 Å². The summed E-state index contributed by atoms with van der Waals surface area (Å²) in [4.78, 5) is 13.5. The molecule has 4 N–H and O–H groups in total. The molecule has 0 spiro atoms. The predicted octanol–water partition coefficient (Wildman–Crippen LogP) is 1.89. The van der Waals surface area contributed by atoms with E-state index in [1.54, 1.807) is 0 Å². The maximum atomic E-state index is 13.5. The normalized spacial score (nSPS) is 35.9. The average molecular weight is 292 g/mol. The Morgan fingerprint density at radius 3 is 1.36 bits per heavy atom. The molecule has 4 unspecified atom stereocenters. The van der Waals surface area contributed by atoms with Gasteiger partial charge in [-0.3, -0.25) is 4.79 Å². The lowest BCUT2D eigenvalue weighted by Crippen LogP contribution is -2.40. The first kappa shape index (κ1) is 13.7. The SMILES string of the molecule is NC1CC1(C(=O)C1(c2ccccc2)CC1N)c1ccccc1. The van der Waals surface area contributed by atoms with Crippen molar-refractivity contribution in [2.75, 3.05) is 0 Å². The Kier molecular flexibility index (Phi) is 2.80. The van der Waals surface area contributed by atoms with Gasteiger partial charge in [0.05, 0.1) is 10.8 Å². The molecule has 22 heavy (non-hydrogen) atoms. The topological polar surface area (TPSA) is 69.1 Å². The van der Waals surface area contributed by atoms with Crippen molar-refractivity contribution in [2.45, 2.75) is 35.8 Å². The van der Waals surface area contributed by atoms with Gasteiger partial charge < -0.3 is 11.5 Å². The maximum Gasteiger partial charge on any atom is 0.157 e. The van der Waals surface area contributed by atoms with Crippen molar-refractivity contribution in [1.29, 1.82) is 0 Å². The first-order valence-electron chi connectivity index (χ1n) is 7.79. The van der Waals surface area contributed by atoms with E-state index in [9.17, 15) is 4.79 Å². The lowest BCUT2D eigenvalue weighted by Gasteiger charge is -2.24. The second kappa shape index (κ2) is 4.51. The zero-order valence-electron chi connectivity index (χ0n) is 12.4. The van der Waals surface area contributed by atoms with Gasteiger partial charge in [-0.1, -0.05) is 60.7 Å². The van der Waals surface area contributed by atoms with E-state index in [-0.39, 0.29) is 17.9 Å². The Bertz CT molecular complexity index is 653. The molecule has 0 radical (unpaired) electrons. The minimum absolute atomic E-state index is 0.101. The van der Waals surface area contributed by atoms with Gasteiger partial charge in [0.1, 0.15) is 0 Å². The van der Waals surface area contributed by atoms with Crippen LogP contribution in [0.4, 0.5) is 0 Å². The fraction of sp³-hybridized carbons (Fsp3) is 0.316. The molecule has 0 saturated heterocycles. The molecule has 0 heterocycles. The van der Waals surface area contributed by atoms with Crippen molar-refractivity contribution in [3.05, 3.63) is 71.8 Å². The Labute approximate surface area is 130 Å². The van der Waals surface area contributed by atoms with Crippen LogP contribution in [-0.4, -0.2) is 17.9 Å². The zero-order valence-corrected chi connectivity index (χ0v) is 12.4. The van der Waals surface area contributed by atoms with Crippen LogP contribution in [0.3, 0.4) is 0 Å². The minimum Gasteiger partial charge on any atom is -0.326 e. The first-order chi connectivity index (χ1) is 10.6. The Morgan fingerprint density at radius 1 is 0.773 bits per heavy atom.